The maximum Gasteiger partial charge on any atom is 0.233 e. The van der Waals surface area contributed by atoms with Gasteiger partial charge in [0.1, 0.15) is 5.54 Å². The van der Waals surface area contributed by atoms with Gasteiger partial charge >= 0.3 is 0 Å². The van der Waals surface area contributed by atoms with E-state index in [-0.39, 0.29) is 17.0 Å². The Bertz CT molecular complexity index is 348. The second kappa shape index (κ2) is 6.50. The fourth-order valence-corrected chi connectivity index (χ4v) is 4.16. The molecule has 108 valence electrons. The number of amides is 1. The Kier molecular flexibility index (Phi) is 4.96. The number of hydrogen-bond donors (Lipinski definition) is 3. The van der Waals surface area contributed by atoms with Gasteiger partial charge in [0, 0.05) is 0 Å². The maximum absolute atomic E-state index is 12.4. The third kappa shape index (κ3) is 3.35. The molecule has 1 heterocycles. The number of carbonyl (C=O) groups is 1. The Morgan fingerprint density at radius 2 is 2.00 bits per heavy atom. The Hall–Kier alpha value is -0.910. The summed E-state index contributed by atoms with van der Waals surface area (Å²) < 4.78 is 0. The summed E-state index contributed by atoms with van der Waals surface area (Å²) >= 11 is 1.72. The van der Waals surface area contributed by atoms with Crippen LogP contribution in [0.4, 0.5) is 0 Å². The van der Waals surface area contributed by atoms with Crippen molar-refractivity contribution in [1.82, 2.24) is 5.32 Å². The molecule has 0 bridgehead atoms. The summed E-state index contributed by atoms with van der Waals surface area (Å²) in [5.74, 6) is 1.26. The molecule has 4 N–H and O–H groups in total. The zero-order chi connectivity index (χ0) is 13.7. The number of thioether (sulfide) groups is 1. The summed E-state index contributed by atoms with van der Waals surface area (Å²) in [5, 5.41) is 15.2. The highest BCUT2D eigenvalue weighted by atomic mass is 32.2. The number of nitrogens with one attached hydrogen (secondary N) is 1. The fourth-order valence-electron chi connectivity index (χ4n) is 2.96. The average molecular weight is 285 g/mol. The molecule has 2 fully saturated rings. The van der Waals surface area contributed by atoms with Crippen LogP contribution in [0.2, 0.25) is 0 Å². The van der Waals surface area contributed by atoms with E-state index in [1.54, 1.807) is 11.8 Å². The maximum atomic E-state index is 12.4. The molecule has 1 unspecified atom stereocenters. The summed E-state index contributed by atoms with van der Waals surface area (Å²) in [6.07, 6.45) is 7.94. The van der Waals surface area contributed by atoms with Gasteiger partial charge < -0.3 is 16.3 Å². The molecule has 1 saturated heterocycles. The van der Waals surface area contributed by atoms with Gasteiger partial charge in [0.2, 0.25) is 5.91 Å². The highest BCUT2D eigenvalue weighted by Gasteiger charge is 2.39. The van der Waals surface area contributed by atoms with Crippen LogP contribution in [0.1, 0.15) is 51.4 Å². The number of nitrogens with two attached hydrogens (primary N) is 1. The van der Waals surface area contributed by atoms with Gasteiger partial charge in [-0.25, -0.2) is 0 Å². The molecule has 0 radical (unpaired) electrons. The fraction of sp³-hybridized carbons (Fsp3) is 0.846. The third-order valence-electron chi connectivity index (χ3n) is 4.14. The first-order valence-electron chi connectivity index (χ1n) is 7.09. The van der Waals surface area contributed by atoms with Crippen molar-refractivity contribution in [1.29, 1.82) is 0 Å². The molecule has 1 saturated carbocycles. The lowest BCUT2D eigenvalue weighted by atomic mass is 9.80. The average Bonchev–Trinajstić information content (AvgIpc) is 2.48. The van der Waals surface area contributed by atoms with Crippen molar-refractivity contribution in [3.05, 3.63) is 0 Å². The zero-order valence-corrected chi connectivity index (χ0v) is 12.0. The molecule has 1 atom stereocenters. The first kappa shape index (κ1) is 14.5. The Morgan fingerprint density at radius 1 is 1.26 bits per heavy atom. The van der Waals surface area contributed by atoms with E-state index in [1.807, 2.05) is 0 Å². The summed E-state index contributed by atoms with van der Waals surface area (Å²) in [6, 6.07) is 0. The molecule has 0 aromatic rings. The minimum absolute atomic E-state index is 0.0269. The van der Waals surface area contributed by atoms with E-state index in [2.05, 4.69) is 10.5 Å². The van der Waals surface area contributed by atoms with E-state index in [9.17, 15) is 4.79 Å². The zero-order valence-electron chi connectivity index (χ0n) is 11.2. The molecule has 0 spiro atoms. The highest BCUT2D eigenvalue weighted by Crippen LogP contribution is 2.31. The van der Waals surface area contributed by atoms with Gasteiger partial charge in [0.25, 0.3) is 0 Å². The van der Waals surface area contributed by atoms with Crippen LogP contribution >= 0.6 is 11.8 Å². The van der Waals surface area contributed by atoms with Crippen LogP contribution in [0.3, 0.4) is 0 Å². The number of nitrogens with zero attached hydrogens (tertiary/aromatic N) is 1. The van der Waals surface area contributed by atoms with Gasteiger partial charge in [0.15, 0.2) is 5.84 Å². The van der Waals surface area contributed by atoms with Gasteiger partial charge in [-0.3, -0.25) is 4.79 Å². The van der Waals surface area contributed by atoms with Gasteiger partial charge in [-0.1, -0.05) is 30.8 Å². The Morgan fingerprint density at radius 3 is 2.58 bits per heavy atom. The molecule has 0 aromatic carbocycles. The minimum atomic E-state index is -0.623. The monoisotopic (exact) mass is 285 g/mol. The quantitative estimate of drug-likeness (QED) is 0.319. The van der Waals surface area contributed by atoms with E-state index >= 15 is 0 Å². The first-order valence-corrected chi connectivity index (χ1v) is 8.14. The van der Waals surface area contributed by atoms with Gasteiger partial charge in [-0.05, 0) is 31.4 Å². The standard InChI is InChI=1S/C13H23N3O2S/c14-12(16-18)13(7-3-1-4-8-13)15-11(17)10-6-2-5-9-19-10/h10,18H,1-9H2,(H2,14,16)(H,15,17). The van der Waals surface area contributed by atoms with E-state index in [1.165, 1.54) is 6.42 Å². The molecular weight excluding hydrogens is 262 g/mol. The van der Waals surface area contributed by atoms with Crippen LogP contribution < -0.4 is 11.1 Å². The molecule has 1 aliphatic heterocycles. The van der Waals surface area contributed by atoms with Crippen molar-refractivity contribution < 1.29 is 10.0 Å². The molecular formula is C13H23N3O2S. The van der Waals surface area contributed by atoms with Crippen molar-refractivity contribution in [3.63, 3.8) is 0 Å². The third-order valence-corrected chi connectivity index (χ3v) is 5.52. The predicted molar refractivity (Wildman–Crippen MR) is 77.5 cm³/mol. The van der Waals surface area contributed by atoms with Crippen LogP contribution in [0.25, 0.3) is 0 Å². The number of oxime groups is 1. The smallest absolute Gasteiger partial charge is 0.233 e. The van der Waals surface area contributed by atoms with Crippen molar-refractivity contribution in [2.75, 3.05) is 5.75 Å². The molecule has 2 aliphatic rings. The van der Waals surface area contributed by atoms with Crippen LogP contribution in [0, 0.1) is 0 Å². The van der Waals surface area contributed by atoms with E-state index in [4.69, 9.17) is 10.9 Å². The number of amidine groups is 1. The summed E-state index contributed by atoms with van der Waals surface area (Å²) in [4.78, 5) is 12.4. The number of carbonyl (C=O) groups excluding carboxylic acids is 1. The Balaban J connectivity index is 2.05. The molecule has 0 aromatic heterocycles. The summed E-state index contributed by atoms with van der Waals surface area (Å²) in [7, 11) is 0. The van der Waals surface area contributed by atoms with Crippen LogP contribution in [-0.4, -0.2) is 33.5 Å². The molecule has 1 aliphatic carbocycles. The summed E-state index contributed by atoms with van der Waals surface area (Å²) in [6.45, 7) is 0. The van der Waals surface area contributed by atoms with Crippen molar-refractivity contribution in [2.24, 2.45) is 10.9 Å². The molecule has 2 rings (SSSR count). The largest absolute Gasteiger partial charge is 0.409 e. The van der Waals surface area contributed by atoms with Gasteiger partial charge in [-0.2, -0.15) is 0 Å². The Labute approximate surface area is 118 Å². The lowest BCUT2D eigenvalue weighted by molar-refractivity contribution is -0.122. The lowest BCUT2D eigenvalue weighted by Crippen LogP contribution is -2.60. The topological polar surface area (TPSA) is 87.7 Å². The molecule has 6 heteroatoms. The molecule has 5 nitrogen and oxygen atoms in total. The number of rotatable bonds is 3. The van der Waals surface area contributed by atoms with Gasteiger partial charge in [0.05, 0.1) is 5.25 Å². The molecule has 1 amide bonds. The first-order chi connectivity index (χ1) is 9.18. The van der Waals surface area contributed by atoms with Crippen LogP contribution in [0.15, 0.2) is 5.16 Å². The van der Waals surface area contributed by atoms with E-state index in [0.29, 0.717) is 0 Å². The summed E-state index contributed by atoms with van der Waals surface area (Å²) in [5.41, 5.74) is 5.22. The second-order valence-electron chi connectivity index (χ2n) is 5.47. The molecule has 19 heavy (non-hydrogen) atoms. The van der Waals surface area contributed by atoms with Crippen LogP contribution in [-0.2, 0) is 4.79 Å². The van der Waals surface area contributed by atoms with Crippen molar-refractivity contribution in [3.8, 4) is 0 Å². The minimum Gasteiger partial charge on any atom is -0.409 e. The van der Waals surface area contributed by atoms with E-state index < -0.39 is 5.54 Å². The van der Waals surface area contributed by atoms with Crippen LogP contribution in [0.5, 0.6) is 0 Å². The predicted octanol–water partition coefficient (Wildman–Crippen LogP) is 1.84. The van der Waals surface area contributed by atoms with Crippen molar-refractivity contribution in [2.45, 2.75) is 62.2 Å². The lowest BCUT2D eigenvalue weighted by Gasteiger charge is -2.38. The van der Waals surface area contributed by atoms with E-state index in [0.717, 1.165) is 50.7 Å². The normalized spacial score (nSPS) is 27.8. The SMILES string of the molecule is NC(=NO)C1(NC(=O)C2CCCCS2)CCCCC1. The second-order valence-corrected chi connectivity index (χ2v) is 6.78. The highest BCUT2D eigenvalue weighted by molar-refractivity contribution is 8.00. The van der Waals surface area contributed by atoms with Gasteiger partial charge in [-0.15, -0.1) is 11.8 Å². The van der Waals surface area contributed by atoms with Crippen molar-refractivity contribution >= 4 is 23.5 Å². The number of hydrogen-bond acceptors (Lipinski definition) is 4.